The van der Waals surface area contributed by atoms with Crippen molar-refractivity contribution in [1.82, 2.24) is 35.3 Å². The lowest BCUT2D eigenvalue weighted by Crippen LogP contribution is -2.34. The molecular weight excluding hydrogens is 254 g/mol. The van der Waals surface area contributed by atoms with Crippen LogP contribution in [0.15, 0.2) is 18.5 Å². The molecule has 2 aromatic heterocycles. The van der Waals surface area contributed by atoms with Crippen LogP contribution >= 0.6 is 0 Å². The van der Waals surface area contributed by atoms with Gasteiger partial charge in [-0.25, -0.2) is 4.68 Å². The van der Waals surface area contributed by atoms with Gasteiger partial charge in [0.2, 0.25) is 0 Å². The Kier molecular flexibility index (Phi) is 5.23. The molecule has 0 bridgehead atoms. The summed E-state index contributed by atoms with van der Waals surface area (Å²) in [6, 6.07) is 2.50. The van der Waals surface area contributed by atoms with Crippen LogP contribution in [-0.4, -0.2) is 36.0 Å². The summed E-state index contributed by atoms with van der Waals surface area (Å²) in [5.74, 6) is 0.887. The Hall–Kier alpha value is -1.76. The van der Waals surface area contributed by atoms with Gasteiger partial charge in [-0.15, -0.1) is 5.10 Å². The number of unbranched alkanes of at least 4 members (excludes halogenated alkanes) is 1. The molecular formula is C13H23N7. The highest BCUT2D eigenvalue weighted by molar-refractivity contribution is 4.86. The number of rotatable bonds is 8. The van der Waals surface area contributed by atoms with Crippen molar-refractivity contribution in [3.8, 4) is 0 Å². The van der Waals surface area contributed by atoms with E-state index in [0.29, 0.717) is 6.54 Å². The van der Waals surface area contributed by atoms with Gasteiger partial charge >= 0.3 is 0 Å². The minimum absolute atomic E-state index is 0.282. The Morgan fingerprint density at radius 1 is 1.35 bits per heavy atom. The predicted octanol–water partition coefficient (Wildman–Crippen LogP) is 1.41. The molecule has 2 atom stereocenters. The second kappa shape index (κ2) is 7.14. The molecule has 0 aromatic carbocycles. The molecule has 0 saturated heterocycles. The molecule has 0 fully saturated rings. The van der Waals surface area contributed by atoms with E-state index in [4.69, 9.17) is 0 Å². The highest BCUT2D eigenvalue weighted by atomic mass is 15.5. The average Bonchev–Trinajstić information content (AvgIpc) is 3.12. The van der Waals surface area contributed by atoms with Crippen LogP contribution in [0.5, 0.6) is 0 Å². The van der Waals surface area contributed by atoms with E-state index in [9.17, 15) is 0 Å². The van der Waals surface area contributed by atoms with Crippen LogP contribution < -0.4 is 5.32 Å². The van der Waals surface area contributed by atoms with Gasteiger partial charge < -0.3 is 5.32 Å². The molecule has 2 aromatic rings. The van der Waals surface area contributed by atoms with Crippen LogP contribution in [0.3, 0.4) is 0 Å². The number of aryl methyl sites for hydroxylation is 1. The van der Waals surface area contributed by atoms with Gasteiger partial charge in [-0.05, 0) is 36.8 Å². The summed E-state index contributed by atoms with van der Waals surface area (Å²) in [5.41, 5.74) is 0. The summed E-state index contributed by atoms with van der Waals surface area (Å²) in [5, 5.41) is 19.6. The van der Waals surface area contributed by atoms with E-state index >= 15 is 0 Å². The van der Waals surface area contributed by atoms with Gasteiger partial charge in [0.05, 0.1) is 12.6 Å². The van der Waals surface area contributed by atoms with Crippen LogP contribution in [0.1, 0.15) is 45.5 Å². The van der Waals surface area contributed by atoms with Crippen molar-refractivity contribution >= 4 is 0 Å². The maximum atomic E-state index is 4.27. The van der Waals surface area contributed by atoms with E-state index in [0.717, 1.165) is 25.2 Å². The third-order valence-corrected chi connectivity index (χ3v) is 3.58. The first-order valence-electron chi connectivity index (χ1n) is 7.20. The molecule has 0 amide bonds. The van der Waals surface area contributed by atoms with Crippen molar-refractivity contribution in [3.63, 3.8) is 0 Å². The number of hydrogen-bond donors (Lipinski definition) is 1. The van der Waals surface area contributed by atoms with Crippen LogP contribution in [0, 0.1) is 0 Å². The Labute approximate surface area is 119 Å². The minimum Gasteiger partial charge on any atom is -0.305 e. The smallest absolute Gasteiger partial charge is 0.165 e. The second-order valence-electron chi connectivity index (χ2n) is 5.07. The van der Waals surface area contributed by atoms with Gasteiger partial charge in [-0.1, -0.05) is 13.3 Å². The average molecular weight is 277 g/mol. The number of aromatic nitrogens is 6. The number of nitrogens with zero attached hydrogens (tertiary/aromatic N) is 6. The zero-order chi connectivity index (χ0) is 14.4. The first kappa shape index (κ1) is 14.6. The van der Waals surface area contributed by atoms with Gasteiger partial charge in [0.25, 0.3) is 0 Å². The fourth-order valence-electron chi connectivity index (χ4n) is 2.00. The quantitative estimate of drug-likeness (QED) is 0.789. The van der Waals surface area contributed by atoms with Crippen LogP contribution in [-0.2, 0) is 13.1 Å². The fraction of sp³-hybridized carbons (Fsp3) is 0.692. The first-order valence-corrected chi connectivity index (χ1v) is 7.20. The lowest BCUT2D eigenvalue weighted by molar-refractivity contribution is 0.358. The molecule has 0 aliphatic carbocycles. The second-order valence-corrected chi connectivity index (χ2v) is 5.07. The predicted molar refractivity (Wildman–Crippen MR) is 76.0 cm³/mol. The Balaban J connectivity index is 1.87. The Morgan fingerprint density at radius 3 is 2.90 bits per heavy atom. The molecule has 0 unspecified atom stereocenters. The zero-order valence-corrected chi connectivity index (χ0v) is 12.4. The maximum Gasteiger partial charge on any atom is 0.165 e. The topological polar surface area (TPSA) is 73.5 Å². The van der Waals surface area contributed by atoms with Crippen molar-refractivity contribution < 1.29 is 0 Å². The van der Waals surface area contributed by atoms with E-state index in [2.05, 4.69) is 46.7 Å². The van der Waals surface area contributed by atoms with Gasteiger partial charge in [-0.2, -0.15) is 5.10 Å². The van der Waals surface area contributed by atoms with Crippen LogP contribution in [0.2, 0.25) is 0 Å². The standard InChI is InChI=1S/C13H23N7/c1-4-5-8-20-13(16-17-18-20)10-14-11(2)12(3)19-9-6-7-15-19/h6-7,9,11-12,14H,4-5,8,10H2,1-3H3/t11-,12+/m1/s1. The molecule has 2 rings (SSSR count). The summed E-state index contributed by atoms with van der Waals surface area (Å²) < 4.78 is 3.83. The van der Waals surface area contributed by atoms with Gasteiger partial charge in [-0.3, -0.25) is 4.68 Å². The normalized spacial score (nSPS) is 14.3. The largest absolute Gasteiger partial charge is 0.305 e. The molecule has 110 valence electrons. The molecule has 1 N–H and O–H groups in total. The maximum absolute atomic E-state index is 4.27. The first-order chi connectivity index (χ1) is 9.72. The summed E-state index contributed by atoms with van der Waals surface area (Å²) in [6.45, 7) is 8.00. The van der Waals surface area contributed by atoms with Gasteiger partial charge in [0.15, 0.2) is 5.82 Å². The third kappa shape index (κ3) is 3.63. The van der Waals surface area contributed by atoms with Gasteiger partial charge in [0, 0.05) is 25.0 Å². The molecule has 7 nitrogen and oxygen atoms in total. The third-order valence-electron chi connectivity index (χ3n) is 3.58. The number of tetrazole rings is 1. The summed E-state index contributed by atoms with van der Waals surface area (Å²) >= 11 is 0. The van der Waals surface area contributed by atoms with E-state index in [1.807, 2.05) is 21.6 Å². The minimum atomic E-state index is 0.282. The highest BCUT2D eigenvalue weighted by Gasteiger charge is 2.15. The SMILES string of the molecule is CCCCn1nnnc1CN[C@H](C)[C@H](C)n1cccn1. The van der Waals surface area contributed by atoms with E-state index in [1.54, 1.807) is 6.20 Å². The van der Waals surface area contributed by atoms with Gasteiger partial charge in [0.1, 0.15) is 0 Å². The zero-order valence-electron chi connectivity index (χ0n) is 12.4. The van der Waals surface area contributed by atoms with Crippen molar-refractivity contribution in [3.05, 3.63) is 24.3 Å². The van der Waals surface area contributed by atoms with Crippen LogP contribution in [0.4, 0.5) is 0 Å². The lowest BCUT2D eigenvalue weighted by atomic mass is 10.2. The van der Waals surface area contributed by atoms with Crippen molar-refractivity contribution in [1.29, 1.82) is 0 Å². The molecule has 0 radical (unpaired) electrons. The van der Waals surface area contributed by atoms with Crippen molar-refractivity contribution in [2.24, 2.45) is 0 Å². The molecule has 0 aliphatic heterocycles. The lowest BCUT2D eigenvalue weighted by Gasteiger charge is -2.21. The Morgan fingerprint density at radius 2 is 2.20 bits per heavy atom. The monoisotopic (exact) mass is 277 g/mol. The molecule has 2 heterocycles. The molecule has 7 heteroatoms. The van der Waals surface area contributed by atoms with E-state index < -0.39 is 0 Å². The van der Waals surface area contributed by atoms with Crippen LogP contribution in [0.25, 0.3) is 0 Å². The van der Waals surface area contributed by atoms with E-state index in [1.165, 1.54) is 0 Å². The molecule has 0 aliphatic rings. The molecule has 0 saturated carbocycles. The van der Waals surface area contributed by atoms with Crippen molar-refractivity contribution in [2.45, 2.75) is 58.8 Å². The van der Waals surface area contributed by atoms with Crippen molar-refractivity contribution in [2.75, 3.05) is 0 Å². The Bertz CT molecular complexity index is 491. The summed E-state index contributed by atoms with van der Waals surface area (Å²) in [4.78, 5) is 0. The number of hydrogen-bond acceptors (Lipinski definition) is 5. The highest BCUT2D eigenvalue weighted by Crippen LogP contribution is 2.09. The summed E-state index contributed by atoms with van der Waals surface area (Å²) in [7, 11) is 0. The molecule has 20 heavy (non-hydrogen) atoms. The molecule has 0 spiro atoms. The number of nitrogens with one attached hydrogen (secondary N) is 1. The van der Waals surface area contributed by atoms with E-state index in [-0.39, 0.29) is 12.1 Å². The summed E-state index contributed by atoms with van der Waals surface area (Å²) in [6.07, 6.45) is 6.01. The fourth-order valence-corrected chi connectivity index (χ4v) is 2.00.